The van der Waals surface area contributed by atoms with Crippen molar-refractivity contribution in [3.05, 3.63) is 82.3 Å². The number of hydrogen-bond acceptors (Lipinski definition) is 8. The molecule has 0 saturated carbocycles. The molecule has 0 aliphatic carbocycles. The number of imide groups is 1. The third kappa shape index (κ3) is 5.36. The Kier molecular flexibility index (Phi) is 7.22. The first-order valence-electron chi connectivity index (χ1n) is 12.7. The van der Waals surface area contributed by atoms with Gasteiger partial charge in [-0.2, -0.15) is 0 Å². The number of rotatable bonds is 7. The molecule has 38 heavy (non-hydrogen) atoms. The summed E-state index contributed by atoms with van der Waals surface area (Å²) in [6.45, 7) is 3.59. The van der Waals surface area contributed by atoms with E-state index in [1.54, 1.807) is 29.7 Å². The Labute approximate surface area is 229 Å². The van der Waals surface area contributed by atoms with E-state index in [4.69, 9.17) is 0 Å². The van der Waals surface area contributed by atoms with Gasteiger partial charge in [0.25, 0.3) is 11.1 Å². The fraction of sp³-hybridized carbons (Fsp3) is 0.241. The van der Waals surface area contributed by atoms with Crippen LogP contribution in [-0.4, -0.2) is 40.7 Å². The van der Waals surface area contributed by atoms with Crippen LogP contribution in [0.5, 0.6) is 0 Å². The van der Waals surface area contributed by atoms with Crippen molar-refractivity contribution in [3.63, 3.8) is 0 Å². The third-order valence-corrected chi connectivity index (χ3v) is 8.79. The van der Waals surface area contributed by atoms with Crippen LogP contribution >= 0.6 is 23.1 Å². The molecule has 2 aromatic heterocycles. The molecule has 2 aliphatic heterocycles. The SMILES string of the molecule is O=C1NC(=O)C(=Cc2ccnc(N3CCC(CNCc4ccccc4-c4csc5ccccc45)CC3)n2)S1. The molecule has 6 rings (SSSR count). The highest BCUT2D eigenvalue weighted by Gasteiger charge is 2.26. The molecular formula is C29H27N5O2S2. The molecule has 2 aromatic carbocycles. The molecule has 192 valence electrons. The fourth-order valence-electron chi connectivity index (χ4n) is 5.02. The van der Waals surface area contributed by atoms with Crippen LogP contribution in [0.4, 0.5) is 10.7 Å². The molecule has 0 atom stereocenters. The summed E-state index contributed by atoms with van der Waals surface area (Å²) < 4.78 is 1.32. The van der Waals surface area contributed by atoms with Gasteiger partial charge in [-0.25, -0.2) is 9.97 Å². The van der Waals surface area contributed by atoms with E-state index in [2.05, 4.69) is 79.4 Å². The number of aromatic nitrogens is 2. The van der Waals surface area contributed by atoms with Gasteiger partial charge < -0.3 is 10.2 Å². The van der Waals surface area contributed by atoms with Gasteiger partial charge in [-0.05, 0) is 71.8 Å². The summed E-state index contributed by atoms with van der Waals surface area (Å²) in [6, 6.07) is 19.0. The number of piperidine rings is 1. The number of nitrogens with zero attached hydrogens (tertiary/aromatic N) is 3. The summed E-state index contributed by atoms with van der Waals surface area (Å²) >= 11 is 2.70. The van der Waals surface area contributed by atoms with Crippen molar-refractivity contribution in [2.75, 3.05) is 24.5 Å². The quantitative estimate of drug-likeness (QED) is 0.291. The van der Waals surface area contributed by atoms with Crippen molar-refractivity contribution < 1.29 is 9.59 Å². The minimum Gasteiger partial charge on any atom is -0.341 e. The average Bonchev–Trinajstić information content (AvgIpc) is 3.51. The lowest BCUT2D eigenvalue weighted by Gasteiger charge is -2.32. The van der Waals surface area contributed by atoms with Crippen molar-refractivity contribution >= 4 is 56.4 Å². The van der Waals surface area contributed by atoms with Crippen molar-refractivity contribution in [1.29, 1.82) is 0 Å². The van der Waals surface area contributed by atoms with Gasteiger partial charge in [0.1, 0.15) is 0 Å². The van der Waals surface area contributed by atoms with Gasteiger partial charge in [-0.3, -0.25) is 14.9 Å². The topological polar surface area (TPSA) is 87.2 Å². The first-order valence-corrected chi connectivity index (χ1v) is 14.4. The van der Waals surface area contributed by atoms with Crippen molar-refractivity contribution in [3.8, 4) is 11.1 Å². The Bertz CT molecular complexity index is 1520. The van der Waals surface area contributed by atoms with E-state index in [9.17, 15) is 9.59 Å². The van der Waals surface area contributed by atoms with Gasteiger partial charge in [0.2, 0.25) is 5.95 Å². The summed E-state index contributed by atoms with van der Waals surface area (Å²) in [5.41, 5.74) is 4.57. The maximum Gasteiger partial charge on any atom is 0.290 e. The zero-order chi connectivity index (χ0) is 25.9. The van der Waals surface area contributed by atoms with Gasteiger partial charge in [0.15, 0.2) is 0 Å². The van der Waals surface area contributed by atoms with Gasteiger partial charge in [-0.15, -0.1) is 11.3 Å². The molecule has 0 bridgehead atoms. The van der Waals surface area contributed by atoms with Crippen LogP contribution in [-0.2, 0) is 11.3 Å². The van der Waals surface area contributed by atoms with E-state index in [0.717, 1.165) is 50.8 Å². The molecule has 0 spiro atoms. The van der Waals surface area contributed by atoms with Crippen molar-refractivity contribution in [2.24, 2.45) is 5.92 Å². The Morgan fingerprint density at radius 1 is 1.03 bits per heavy atom. The maximum absolute atomic E-state index is 11.8. The van der Waals surface area contributed by atoms with Crippen LogP contribution in [0, 0.1) is 5.92 Å². The number of carbonyl (C=O) groups is 2. The van der Waals surface area contributed by atoms with Crippen LogP contribution in [0.3, 0.4) is 0 Å². The van der Waals surface area contributed by atoms with E-state index in [1.165, 1.54) is 26.8 Å². The number of carbonyl (C=O) groups excluding carboxylic acids is 2. The van der Waals surface area contributed by atoms with E-state index in [0.29, 0.717) is 22.5 Å². The number of hydrogen-bond donors (Lipinski definition) is 2. The average molecular weight is 542 g/mol. The van der Waals surface area contributed by atoms with Gasteiger partial charge >= 0.3 is 0 Å². The van der Waals surface area contributed by atoms with Crippen LogP contribution in [0.15, 0.2) is 71.1 Å². The Balaban J connectivity index is 1.04. The Hall–Kier alpha value is -3.53. The molecule has 2 fully saturated rings. The lowest BCUT2D eigenvalue weighted by atomic mass is 9.96. The van der Waals surface area contributed by atoms with Crippen LogP contribution in [0.25, 0.3) is 27.3 Å². The summed E-state index contributed by atoms with van der Waals surface area (Å²) in [5, 5.41) is 9.22. The monoisotopic (exact) mass is 541 g/mol. The molecule has 9 heteroatoms. The highest BCUT2D eigenvalue weighted by molar-refractivity contribution is 8.18. The molecule has 0 radical (unpaired) electrons. The van der Waals surface area contributed by atoms with Crippen LogP contribution < -0.4 is 15.5 Å². The number of anilines is 1. The number of fused-ring (bicyclic) bond motifs is 1. The van der Waals surface area contributed by atoms with Gasteiger partial charge in [-0.1, -0.05) is 42.5 Å². The number of nitrogens with one attached hydrogen (secondary N) is 2. The normalized spacial score (nSPS) is 17.5. The zero-order valence-electron chi connectivity index (χ0n) is 20.7. The zero-order valence-corrected chi connectivity index (χ0v) is 22.4. The molecule has 4 heterocycles. The van der Waals surface area contributed by atoms with E-state index < -0.39 is 0 Å². The summed E-state index contributed by atoms with van der Waals surface area (Å²) in [7, 11) is 0. The molecule has 2 amide bonds. The predicted octanol–water partition coefficient (Wildman–Crippen LogP) is 5.69. The molecule has 4 aromatic rings. The van der Waals surface area contributed by atoms with E-state index in [1.807, 2.05) is 0 Å². The number of thiophene rings is 1. The molecule has 0 unspecified atom stereocenters. The summed E-state index contributed by atoms with van der Waals surface area (Å²) in [5.74, 6) is 0.882. The lowest BCUT2D eigenvalue weighted by Crippen LogP contribution is -2.38. The van der Waals surface area contributed by atoms with Crippen LogP contribution in [0.1, 0.15) is 24.1 Å². The van der Waals surface area contributed by atoms with E-state index >= 15 is 0 Å². The van der Waals surface area contributed by atoms with Crippen molar-refractivity contribution in [1.82, 2.24) is 20.6 Å². The summed E-state index contributed by atoms with van der Waals surface area (Å²) in [4.78, 5) is 34.9. The largest absolute Gasteiger partial charge is 0.341 e. The standard InChI is InChI=1S/C29H27N5O2S2/c35-27-26(38-29(36)33-27)15-21-9-12-31-28(32-21)34-13-10-19(11-14-34)16-30-17-20-5-1-2-6-22(20)24-18-37-25-8-4-3-7-23(24)25/h1-9,12,15,18-19,30H,10-11,13-14,16-17H2,(H,33,35,36). The second-order valence-corrected chi connectivity index (χ2v) is 11.4. The lowest BCUT2D eigenvalue weighted by molar-refractivity contribution is -0.115. The Morgan fingerprint density at radius 3 is 2.68 bits per heavy atom. The third-order valence-electron chi connectivity index (χ3n) is 7.02. The number of benzene rings is 2. The summed E-state index contributed by atoms with van der Waals surface area (Å²) in [6.07, 6.45) is 5.47. The first kappa shape index (κ1) is 24.8. The highest BCUT2D eigenvalue weighted by atomic mass is 32.2. The molecule has 7 nitrogen and oxygen atoms in total. The van der Waals surface area contributed by atoms with Gasteiger partial charge in [0, 0.05) is 41.5 Å². The fourth-order valence-corrected chi connectivity index (χ4v) is 6.65. The minimum atomic E-state index is -0.375. The minimum absolute atomic E-state index is 0.352. The molecule has 2 N–H and O–H groups in total. The van der Waals surface area contributed by atoms with Gasteiger partial charge in [0.05, 0.1) is 10.6 Å². The molecule has 2 saturated heterocycles. The predicted molar refractivity (Wildman–Crippen MR) is 155 cm³/mol. The second kappa shape index (κ2) is 11.1. The van der Waals surface area contributed by atoms with Crippen LogP contribution in [0.2, 0.25) is 0 Å². The molecular weight excluding hydrogens is 514 g/mol. The Morgan fingerprint density at radius 2 is 1.84 bits per heavy atom. The highest BCUT2D eigenvalue weighted by Crippen LogP contribution is 2.35. The number of amides is 2. The van der Waals surface area contributed by atoms with E-state index in [-0.39, 0.29) is 11.1 Å². The smallest absolute Gasteiger partial charge is 0.290 e. The first-order chi connectivity index (χ1) is 18.6. The number of thioether (sulfide) groups is 1. The second-order valence-electron chi connectivity index (χ2n) is 9.50. The molecule has 2 aliphatic rings. The van der Waals surface area contributed by atoms with Crippen molar-refractivity contribution in [2.45, 2.75) is 19.4 Å². The maximum atomic E-state index is 11.8.